The Bertz CT molecular complexity index is 490. The van der Waals surface area contributed by atoms with Crippen LogP contribution in [0.1, 0.15) is 24.1 Å². The van der Waals surface area contributed by atoms with Crippen molar-refractivity contribution in [2.45, 2.75) is 31.8 Å². The van der Waals surface area contributed by atoms with Crippen molar-refractivity contribution >= 4 is 33.2 Å². The van der Waals surface area contributed by atoms with Gasteiger partial charge < -0.3 is 10.2 Å². The molecule has 1 aromatic heterocycles. The average molecular weight is 371 g/mol. The molecule has 0 radical (unpaired) electrons. The highest BCUT2D eigenvalue weighted by Gasteiger charge is 2.24. The number of thiophene rings is 1. The zero-order valence-corrected chi connectivity index (χ0v) is 14.9. The second kappa shape index (κ2) is 7.11. The fraction of sp³-hybridized carbons (Fsp3) is 0.667. The molecular formula is C15H23BrN4S. The van der Waals surface area contributed by atoms with Crippen molar-refractivity contribution < 1.29 is 0 Å². The van der Waals surface area contributed by atoms with E-state index in [0.29, 0.717) is 6.04 Å². The molecule has 1 aliphatic carbocycles. The maximum atomic E-state index is 4.45. The fourth-order valence-corrected chi connectivity index (χ4v) is 4.33. The van der Waals surface area contributed by atoms with Crippen LogP contribution in [0.4, 0.5) is 0 Å². The molecule has 2 aliphatic rings. The number of rotatable bonds is 3. The second-order valence-corrected chi connectivity index (χ2v) is 8.34. The topological polar surface area (TPSA) is 30.9 Å². The predicted octanol–water partition coefficient (Wildman–Crippen LogP) is 2.76. The molecule has 0 aromatic carbocycles. The summed E-state index contributed by atoms with van der Waals surface area (Å²) in [7, 11) is 1.90. The first-order chi connectivity index (χ1) is 10.2. The van der Waals surface area contributed by atoms with Gasteiger partial charge in [-0.05, 0) is 47.3 Å². The third kappa shape index (κ3) is 3.99. The molecule has 6 heteroatoms. The summed E-state index contributed by atoms with van der Waals surface area (Å²) in [6.07, 6.45) is 3.96. The van der Waals surface area contributed by atoms with E-state index in [0.717, 1.165) is 38.7 Å². The van der Waals surface area contributed by atoms with E-state index >= 15 is 0 Å². The van der Waals surface area contributed by atoms with Gasteiger partial charge in [-0.15, -0.1) is 11.3 Å². The van der Waals surface area contributed by atoms with Crippen molar-refractivity contribution in [2.24, 2.45) is 4.99 Å². The zero-order valence-electron chi connectivity index (χ0n) is 12.5. The van der Waals surface area contributed by atoms with Crippen LogP contribution in [0.3, 0.4) is 0 Å². The standard InChI is InChI=1S/C15H23BrN4S/c1-17-15(18-12-3-2-4-12)20-9-7-19(8-10-20)11-13-5-6-14(16)21-13/h5-6,12H,2-4,7-11H2,1H3,(H,17,18). The molecule has 0 amide bonds. The summed E-state index contributed by atoms with van der Waals surface area (Å²) in [5.74, 6) is 1.10. The fourth-order valence-electron chi connectivity index (χ4n) is 2.81. The number of piperazine rings is 1. The van der Waals surface area contributed by atoms with Crippen LogP contribution in [0.15, 0.2) is 20.9 Å². The summed E-state index contributed by atoms with van der Waals surface area (Å²) in [5, 5.41) is 3.59. The van der Waals surface area contributed by atoms with Gasteiger partial charge in [0.2, 0.25) is 0 Å². The van der Waals surface area contributed by atoms with Crippen molar-refractivity contribution in [3.8, 4) is 0 Å². The molecule has 0 spiro atoms. The minimum Gasteiger partial charge on any atom is -0.354 e. The summed E-state index contributed by atoms with van der Waals surface area (Å²) in [6, 6.07) is 5.02. The molecule has 3 rings (SSSR count). The molecule has 4 nitrogen and oxygen atoms in total. The monoisotopic (exact) mass is 370 g/mol. The number of nitrogens with zero attached hydrogens (tertiary/aromatic N) is 3. The molecule has 0 atom stereocenters. The molecule has 116 valence electrons. The van der Waals surface area contributed by atoms with Gasteiger partial charge in [0, 0.05) is 50.7 Å². The lowest BCUT2D eigenvalue weighted by Gasteiger charge is -2.38. The summed E-state index contributed by atoms with van der Waals surface area (Å²) in [5.41, 5.74) is 0. The molecule has 2 heterocycles. The first kappa shape index (κ1) is 15.3. The summed E-state index contributed by atoms with van der Waals surface area (Å²) < 4.78 is 1.22. The van der Waals surface area contributed by atoms with Crippen molar-refractivity contribution in [3.63, 3.8) is 0 Å². The Hall–Kier alpha value is -0.590. The minimum atomic E-state index is 0.658. The lowest BCUT2D eigenvalue weighted by Crippen LogP contribution is -2.54. The Morgan fingerprint density at radius 2 is 2.10 bits per heavy atom. The molecule has 0 bridgehead atoms. The van der Waals surface area contributed by atoms with Gasteiger partial charge in [0.15, 0.2) is 5.96 Å². The minimum absolute atomic E-state index is 0.658. The average Bonchev–Trinajstić information content (AvgIpc) is 2.85. The van der Waals surface area contributed by atoms with Crippen molar-refractivity contribution in [1.82, 2.24) is 15.1 Å². The molecule has 21 heavy (non-hydrogen) atoms. The highest BCUT2D eigenvalue weighted by Crippen LogP contribution is 2.23. The van der Waals surface area contributed by atoms with Crippen LogP contribution < -0.4 is 5.32 Å². The molecule has 1 aromatic rings. The van der Waals surface area contributed by atoms with E-state index in [2.05, 4.69) is 48.2 Å². The van der Waals surface area contributed by atoms with Gasteiger partial charge in [-0.3, -0.25) is 9.89 Å². The van der Waals surface area contributed by atoms with E-state index in [1.807, 2.05) is 18.4 Å². The molecule has 1 N–H and O–H groups in total. The molecule has 1 saturated heterocycles. The number of nitrogens with one attached hydrogen (secondary N) is 1. The normalized spacial score (nSPS) is 21.4. The highest BCUT2D eigenvalue weighted by atomic mass is 79.9. The van der Waals surface area contributed by atoms with Crippen LogP contribution in [-0.4, -0.2) is 55.0 Å². The van der Waals surface area contributed by atoms with Crippen LogP contribution in [0, 0.1) is 0 Å². The lowest BCUT2D eigenvalue weighted by atomic mass is 9.93. The van der Waals surface area contributed by atoms with Crippen molar-refractivity contribution in [3.05, 3.63) is 20.8 Å². The van der Waals surface area contributed by atoms with E-state index < -0.39 is 0 Å². The van der Waals surface area contributed by atoms with Crippen LogP contribution in [-0.2, 0) is 6.54 Å². The van der Waals surface area contributed by atoms with Crippen molar-refractivity contribution in [2.75, 3.05) is 33.2 Å². The van der Waals surface area contributed by atoms with Gasteiger partial charge >= 0.3 is 0 Å². The zero-order chi connectivity index (χ0) is 14.7. The first-order valence-electron chi connectivity index (χ1n) is 7.69. The largest absolute Gasteiger partial charge is 0.354 e. The molecule has 0 unspecified atom stereocenters. The number of hydrogen-bond acceptors (Lipinski definition) is 3. The predicted molar refractivity (Wildman–Crippen MR) is 93.0 cm³/mol. The smallest absolute Gasteiger partial charge is 0.193 e. The quantitative estimate of drug-likeness (QED) is 0.655. The third-order valence-electron chi connectivity index (χ3n) is 4.33. The SMILES string of the molecule is CN=C(NC1CCC1)N1CCN(Cc2ccc(Br)s2)CC1. The second-order valence-electron chi connectivity index (χ2n) is 5.79. The van der Waals surface area contributed by atoms with Gasteiger partial charge in [0.05, 0.1) is 3.79 Å². The Balaban J connectivity index is 1.47. The van der Waals surface area contributed by atoms with Gasteiger partial charge in [0.25, 0.3) is 0 Å². The lowest BCUT2D eigenvalue weighted by molar-refractivity contribution is 0.171. The summed E-state index contributed by atoms with van der Waals surface area (Å²) >= 11 is 5.38. The van der Waals surface area contributed by atoms with Gasteiger partial charge in [-0.1, -0.05) is 0 Å². The van der Waals surface area contributed by atoms with Crippen molar-refractivity contribution in [1.29, 1.82) is 0 Å². The van der Waals surface area contributed by atoms with E-state index in [9.17, 15) is 0 Å². The maximum Gasteiger partial charge on any atom is 0.193 e. The van der Waals surface area contributed by atoms with E-state index in [-0.39, 0.29) is 0 Å². The molecule has 2 fully saturated rings. The number of hydrogen-bond donors (Lipinski definition) is 1. The van der Waals surface area contributed by atoms with E-state index in [1.54, 1.807) is 0 Å². The maximum absolute atomic E-state index is 4.45. The van der Waals surface area contributed by atoms with Crippen LogP contribution in [0.25, 0.3) is 0 Å². The van der Waals surface area contributed by atoms with Gasteiger partial charge in [0.1, 0.15) is 0 Å². The third-order valence-corrected chi connectivity index (χ3v) is 5.94. The van der Waals surface area contributed by atoms with Crippen LogP contribution in [0.2, 0.25) is 0 Å². The number of halogens is 1. The van der Waals surface area contributed by atoms with Crippen LogP contribution in [0.5, 0.6) is 0 Å². The van der Waals surface area contributed by atoms with E-state index in [4.69, 9.17) is 0 Å². The Morgan fingerprint density at radius 3 is 2.62 bits per heavy atom. The Morgan fingerprint density at radius 1 is 1.33 bits per heavy atom. The summed E-state index contributed by atoms with van der Waals surface area (Å²) in [4.78, 5) is 10.8. The Labute approximate surface area is 139 Å². The Kier molecular flexibility index (Phi) is 5.19. The molecule has 1 aliphatic heterocycles. The molecule has 1 saturated carbocycles. The first-order valence-corrected chi connectivity index (χ1v) is 9.30. The summed E-state index contributed by atoms with van der Waals surface area (Å²) in [6.45, 7) is 5.43. The van der Waals surface area contributed by atoms with Gasteiger partial charge in [-0.2, -0.15) is 0 Å². The number of aliphatic imine (C=N–C) groups is 1. The van der Waals surface area contributed by atoms with E-state index in [1.165, 1.54) is 27.9 Å². The highest BCUT2D eigenvalue weighted by molar-refractivity contribution is 9.11. The van der Waals surface area contributed by atoms with Gasteiger partial charge in [-0.25, -0.2) is 0 Å². The molecular weight excluding hydrogens is 348 g/mol. The number of guanidine groups is 1. The van der Waals surface area contributed by atoms with Crippen LogP contribution >= 0.6 is 27.3 Å².